The van der Waals surface area contributed by atoms with Crippen molar-refractivity contribution in [3.05, 3.63) is 50.1 Å². The minimum Gasteiger partial charge on any atom is -0.483 e. The molecule has 0 aliphatic heterocycles. The molecule has 19 heavy (non-hydrogen) atoms. The second kappa shape index (κ2) is 6.07. The first kappa shape index (κ1) is 14.6. The van der Waals surface area contributed by atoms with Crippen molar-refractivity contribution in [2.45, 2.75) is 32.9 Å². The zero-order valence-corrected chi connectivity index (χ0v) is 13.7. The van der Waals surface area contributed by atoms with E-state index in [0.29, 0.717) is 0 Å². The molecule has 2 nitrogen and oxygen atoms in total. The lowest BCUT2D eigenvalue weighted by Gasteiger charge is -2.22. The summed E-state index contributed by atoms with van der Waals surface area (Å²) < 4.78 is 7.22. The maximum Gasteiger partial charge on any atom is 0.148 e. The Kier molecular flexibility index (Phi) is 4.66. The van der Waals surface area contributed by atoms with Crippen molar-refractivity contribution >= 4 is 27.3 Å². The maximum absolute atomic E-state index is 6.13. The predicted octanol–water partition coefficient (Wildman–Crippen LogP) is 4.59. The molecule has 0 fully saturated rings. The molecule has 0 aliphatic carbocycles. The Hall–Kier alpha value is -0.840. The molecule has 2 atom stereocenters. The van der Waals surface area contributed by atoms with Crippen LogP contribution in [0.4, 0.5) is 0 Å². The first-order valence-electron chi connectivity index (χ1n) is 6.22. The third kappa shape index (κ3) is 3.59. The molecular weight excluding hydrogens is 322 g/mol. The fourth-order valence-electron chi connectivity index (χ4n) is 1.97. The molecule has 2 unspecified atom stereocenters. The SMILES string of the molecule is Cc1ccc(OC(c2ccc(Br)s2)C(C)N)c(C)c1. The average Bonchev–Trinajstić information content (AvgIpc) is 2.74. The highest BCUT2D eigenvalue weighted by Crippen LogP contribution is 2.33. The number of benzene rings is 1. The smallest absolute Gasteiger partial charge is 0.148 e. The van der Waals surface area contributed by atoms with Crippen molar-refractivity contribution in [3.63, 3.8) is 0 Å². The number of halogens is 1. The van der Waals surface area contributed by atoms with Crippen molar-refractivity contribution in [1.82, 2.24) is 0 Å². The lowest BCUT2D eigenvalue weighted by atomic mass is 10.1. The van der Waals surface area contributed by atoms with Gasteiger partial charge in [0.25, 0.3) is 0 Å². The van der Waals surface area contributed by atoms with E-state index in [1.165, 1.54) is 5.56 Å². The quantitative estimate of drug-likeness (QED) is 0.883. The predicted molar refractivity (Wildman–Crippen MR) is 85.0 cm³/mol. The Morgan fingerprint density at radius 2 is 1.95 bits per heavy atom. The summed E-state index contributed by atoms with van der Waals surface area (Å²) in [4.78, 5) is 1.14. The molecule has 2 rings (SSSR count). The van der Waals surface area contributed by atoms with Gasteiger partial charge in [0.05, 0.1) is 3.79 Å². The minimum atomic E-state index is -0.113. The molecule has 4 heteroatoms. The number of nitrogens with two attached hydrogens (primary N) is 1. The highest BCUT2D eigenvalue weighted by atomic mass is 79.9. The lowest BCUT2D eigenvalue weighted by molar-refractivity contribution is 0.183. The number of ether oxygens (including phenoxy) is 1. The molecule has 0 radical (unpaired) electrons. The summed E-state index contributed by atoms with van der Waals surface area (Å²) in [6, 6.07) is 10.2. The summed E-state index contributed by atoms with van der Waals surface area (Å²) >= 11 is 5.15. The van der Waals surface area contributed by atoms with E-state index in [-0.39, 0.29) is 12.1 Å². The Labute approximate surface area is 126 Å². The number of thiophene rings is 1. The standard InChI is InChI=1S/C15H18BrNOS/c1-9-4-5-12(10(2)8-9)18-15(11(3)17)13-6-7-14(16)19-13/h4-8,11,15H,17H2,1-3H3. The van der Waals surface area contributed by atoms with Crippen molar-refractivity contribution in [2.24, 2.45) is 5.73 Å². The highest BCUT2D eigenvalue weighted by molar-refractivity contribution is 9.11. The van der Waals surface area contributed by atoms with Crippen LogP contribution in [0.5, 0.6) is 5.75 Å². The van der Waals surface area contributed by atoms with Crippen molar-refractivity contribution in [3.8, 4) is 5.75 Å². The van der Waals surface area contributed by atoms with Crippen molar-refractivity contribution in [1.29, 1.82) is 0 Å². The molecule has 0 aliphatic rings. The zero-order chi connectivity index (χ0) is 14.0. The molecule has 0 amide bonds. The van der Waals surface area contributed by atoms with Crippen LogP contribution in [0, 0.1) is 13.8 Å². The lowest BCUT2D eigenvalue weighted by Crippen LogP contribution is -2.28. The van der Waals surface area contributed by atoms with E-state index in [1.54, 1.807) is 11.3 Å². The normalized spacial score (nSPS) is 14.2. The van der Waals surface area contributed by atoms with E-state index in [9.17, 15) is 0 Å². The Morgan fingerprint density at radius 1 is 1.21 bits per heavy atom. The van der Waals surface area contributed by atoms with Gasteiger partial charge >= 0.3 is 0 Å². The average molecular weight is 340 g/mol. The van der Waals surface area contributed by atoms with Crippen molar-refractivity contribution in [2.75, 3.05) is 0 Å². The van der Waals surface area contributed by atoms with Gasteiger partial charge in [-0.05, 0) is 60.5 Å². The van der Waals surface area contributed by atoms with Gasteiger partial charge in [-0.25, -0.2) is 0 Å². The van der Waals surface area contributed by atoms with Crippen LogP contribution >= 0.6 is 27.3 Å². The van der Waals surface area contributed by atoms with Gasteiger partial charge < -0.3 is 10.5 Å². The van der Waals surface area contributed by atoms with Gasteiger partial charge in [0.15, 0.2) is 0 Å². The van der Waals surface area contributed by atoms with Gasteiger partial charge in [-0.1, -0.05) is 17.7 Å². The summed E-state index contributed by atoms with van der Waals surface area (Å²) in [5, 5.41) is 0. The van der Waals surface area contributed by atoms with Crippen LogP contribution < -0.4 is 10.5 Å². The van der Waals surface area contributed by atoms with Gasteiger partial charge in [-0.15, -0.1) is 11.3 Å². The molecule has 0 bridgehead atoms. The molecule has 1 heterocycles. The second-order valence-corrected chi connectivity index (χ2v) is 7.30. The number of hydrogen-bond donors (Lipinski definition) is 1. The largest absolute Gasteiger partial charge is 0.483 e. The van der Waals surface area contributed by atoms with Crippen LogP contribution in [-0.4, -0.2) is 6.04 Å². The molecule has 0 spiro atoms. The van der Waals surface area contributed by atoms with Crippen LogP contribution in [0.15, 0.2) is 34.1 Å². The molecule has 2 N–H and O–H groups in total. The maximum atomic E-state index is 6.13. The number of aryl methyl sites for hydroxylation is 2. The highest BCUT2D eigenvalue weighted by Gasteiger charge is 2.20. The fourth-order valence-corrected chi connectivity index (χ4v) is 3.54. The molecule has 102 valence electrons. The number of hydrogen-bond acceptors (Lipinski definition) is 3. The second-order valence-electron chi connectivity index (χ2n) is 4.81. The molecule has 1 aromatic carbocycles. The summed E-state index contributed by atoms with van der Waals surface area (Å²) in [6.07, 6.45) is -0.113. The summed E-state index contributed by atoms with van der Waals surface area (Å²) in [7, 11) is 0. The topological polar surface area (TPSA) is 35.2 Å². The Morgan fingerprint density at radius 3 is 2.47 bits per heavy atom. The van der Waals surface area contributed by atoms with Gasteiger partial charge in [-0.2, -0.15) is 0 Å². The van der Waals surface area contributed by atoms with Gasteiger partial charge in [-0.3, -0.25) is 0 Å². The van der Waals surface area contributed by atoms with Crippen LogP contribution in [0.3, 0.4) is 0 Å². The van der Waals surface area contributed by atoms with Gasteiger partial charge in [0, 0.05) is 10.9 Å². The molecule has 0 saturated heterocycles. The van der Waals surface area contributed by atoms with Crippen LogP contribution in [0.25, 0.3) is 0 Å². The van der Waals surface area contributed by atoms with Crippen LogP contribution in [0.1, 0.15) is 29.0 Å². The van der Waals surface area contributed by atoms with E-state index < -0.39 is 0 Å². The van der Waals surface area contributed by atoms with Gasteiger partial charge in [0.1, 0.15) is 11.9 Å². The molecular formula is C15H18BrNOS. The first-order chi connectivity index (χ1) is 8.97. The molecule has 0 saturated carbocycles. The minimum absolute atomic E-state index is 0.0637. The van der Waals surface area contributed by atoms with Gasteiger partial charge in [0.2, 0.25) is 0 Å². The fraction of sp³-hybridized carbons (Fsp3) is 0.333. The van der Waals surface area contributed by atoms with E-state index in [2.05, 4.69) is 48.0 Å². The van der Waals surface area contributed by atoms with E-state index in [1.807, 2.05) is 19.1 Å². The molecule has 1 aromatic heterocycles. The molecule has 2 aromatic rings. The van der Waals surface area contributed by atoms with E-state index in [4.69, 9.17) is 10.5 Å². The zero-order valence-electron chi connectivity index (χ0n) is 11.3. The van der Waals surface area contributed by atoms with Crippen LogP contribution in [0.2, 0.25) is 0 Å². The first-order valence-corrected chi connectivity index (χ1v) is 7.83. The summed E-state index contributed by atoms with van der Waals surface area (Å²) in [5.41, 5.74) is 8.45. The summed E-state index contributed by atoms with van der Waals surface area (Å²) in [6.45, 7) is 6.11. The van der Waals surface area contributed by atoms with E-state index in [0.717, 1.165) is 20.0 Å². The summed E-state index contributed by atoms with van der Waals surface area (Å²) in [5.74, 6) is 0.900. The third-order valence-electron chi connectivity index (χ3n) is 2.94. The Balaban J connectivity index is 2.26. The van der Waals surface area contributed by atoms with E-state index >= 15 is 0 Å². The van der Waals surface area contributed by atoms with Crippen LogP contribution in [-0.2, 0) is 0 Å². The monoisotopic (exact) mass is 339 g/mol. The Bertz CT molecular complexity index is 565. The van der Waals surface area contributed by atoms with Crippen molar-refractivity contribution < 1.29 is 4.74 Å². The number of rotatable bonds is 4. The third-order valence-corrected chi connectivity index (χ3v) is 4.62.